The van der Waals surface area contributed by atoms with E-state index >= 15 is 0 Å². The van der Waals surface area contributed by atoms with Crippen LogP contribution in [0.2, 0.25) is 0 Å². The fourth-order valence-electron chi connectivity index (χ4n) is 2.97. The summed E-state index contributed by atoms with van der Waals surface area (Å²) in [6.07, 6.45) is -1.03. The third kappa shape index (κ3) is 4.15. The summed E-state index contributed by atoms with van der Waals surface area (Å²) in [4.78, 5) is 18.7. The van der Waals surface area contributed by atoms with Gasteiger partial charge < -0.3 is 10.2 Å². The van der Waals surface area contributed by atoms with Crippen molar-refractivity contribution < 1.29 is 18.0 Å². The summed E-state index contributed by atoms with van der Waals surface area (Å²) in [5, 5.41) is 2.86. The third-order valence-corrected chi connectivity index (χ3v) is 4.56. The van der Waals surface area contributed by atoms with Crippen LogP contribution in [-0.2, 0) is 6.18 Å². The molecule has 0 bridgehead atoms. The highest BCUT2D eigenvalue weighted by Crippen LogP contribution is 2.31. The summed E-state index contributed by atoms with van der Waals surface area (Å²) >= 11 is 0. The van der Waals surface area contributed by atoms with Gasteiger partial charge >= 0.3 is 6.18 Å². The number of benzene rings is 1. The van der Waals surface area contributed by atoms with Crippen LogP contribution in [0.3, 0.4) is 0 Å². The number of pyridine rings is 1. The molecule has 0 spiro atoms. The van der Waals surface area contributed by atoms with Crippen molar-refractivity contribution >= 4 is 17.4 Å². The quantitative estimate of drug-likeness (QED) is 0.859. The van der Waals surface area contributed by atoms with Crippen molar-refractivity contribution in [1.29, 1.82) is 0 Å². The number of carbonyl (C=O) groups excluding carboxylic acids is 1. The van der Waals surface area contributed by atoms with Gasteiger partial charge in [-0.3, -0.25) is 4.79 Å². The highest BCUT2D eigenvalue weighted by atomic mass is 19.4. The maximum absolute atomic E-state index is 12.9. The molecule has 0 saturated carbocycles. The molecule has 0 aliphatic carbocycles. The second-order valence-electron chi connectivity index (χ2n) is 6.58. The van der Waals surface area contributed by atoms with Crippen LogP contribution in [-0.4, -0.2) is 28.9 Å². The average Bonchev–Trinajstić information content (AvgIpc) is 2.62. The van der Waals surface area contributed by atoms with E-state index in [4.69, 9.17) is 0 Å². The molecule has 4 nitrogen and oxygen atoms in total. The fraction of sp³-hybridized carbons (Fsp3) is 0.368. The number of likely N-dealkylation sites (tertiary alicyclic amines) is 1. The van der Waals surface area contributed by atoms with Crippen LogP contribution < -0.4 is 5.32 Å². The lowest BCUT2D eigenvalue weighted by molar-refractivity contribution is -0.137. The lowest BCUT2D eigenvalue weighted by Gasteiger charge is -2.30. The Bertz CT molecular complexity index is 784. The summed E-state index contributed by atoms with van der Waals surface area (Å²) in [6, 6.07) is 8.14. The van der Waals surface area contributed by atoms with Crippen molar-refractivity contribution in [2.45, 2.75) is 25.9 Å². The van der Waals surface area contributed by atoms with Gasteiger partial charge in [0.05, 0.1) is 11.1 Å². The number of amides is 1. The number of alkyl halides is 3. The van der Waals surface area contributed by atoms with Crippen LogP contribution in [0.1, 0.15) is 35.7 Å². The number of carbonyl (C=O) groups is 1. The van der Waals surface area contributed by atoms with Gasteiger partial charge in [-0.1, -0.05) is 13.0 Å². The van der Waals surface area contributed by atoms with E-state index in [1.807, 2.05) is 0 Å². The number of hydrogen-bond donors (Lipinski definition) is 1. The summed E-state index contributed by atoms with van der Waals surface area (Å²) in [5.74, 6) is 0.700. The molecule has 7 heteroatoms. The van der Waals surface area contributed by atoms with E-state index in [0.717, 1.165) is 25.0 Å². The Balaban J connectivity index is 1.83. The van der Waals surface area contributed by atoms with Gasteiger partial charge in [0.15, 0.2) is 0 Å². The Labute approximate surface area is 150 Å². The Hall–Kier alpha value is -2.57. The number of piperidine rings is 1. The van der Waals surface area contributed by atoms with Gasteiger partial charge in [-0.25, -0.2) is 4.98 Å². The summed E-state index contributed by atoms with van der Waals surface area (Å²) in [6.45, 7) is 3.52. The van der Waals surface area contributed by atoms with Crippen molar-refractivity contribution in [2.24, 2.45) is 5.92 Å². The first-order valence-corrected chi connectivity index (χ1v) is 8.53. The van der Waals surface area contributed by atoms with Crippen LogP contribution in [0.4, 0.5) is 24.7 Å². The van der Waals surface area contributed by atoms with Crippen LogP contribution >= 0.6 is 0 Å². The smallest absolute Gasteiger partial charge is 0.340 e. The average molecular weight is 363 g/mol. The molecule has 1 aliphatic rings. The van der Waals surface area contributed by atoms with Crippen molar-refractivity contribution in [2.75, 3.05) is 18.4 Å². The number of hydrogen-bond acceptors (Lipinski definition) is 3. The molecule has 1 fully saturated rings. The van der Waals surface area contributed by atoms with E-state index in [1.54, 1.807) is 17.0 Å². The molecule has 1 aromatic heterocycles. The molecule has 1 aliphatic heterocycles. The highest BCUT2D eigenvalue weighted by molar-refractivity contribution is 5.99. The molecule has 0 radical (unpaired) electrons. The maximum Gasteiger partial charge on any atom is 0.416 e. The second-order valence-corrected chi connectivity index (χ2v) is 6.58. The lowest BCUT2D eigenvalue weighted by Crippen LogP contribution is -2.38. The molecular formula is C19H20F3N3O. The molecule has 0 unspecified atom stereocenters. The molecule has 1 saturated heterocycles. The van der Waals surface area contributed by atoms with Crippen molar-refractivity contribution in [1.82, 2.24) is 9.88 Å². The third-order valence-electron chi connectivity index (χ3n) is 4.56. The van der Waals surface area contributed by atoms with Crippen molar-refractivity contribution in [3.63, 3.8) is 0 Å². The van der Waals surface area contributed by atoms with Gasteiger partial charge in [-0.15, -0.1) is 0 Å². The van der Waals surface area contributed by atoms with E-state index in [2.05, 4.69) is 17.2 Å². The zero-order valence-corrected chi connectivity index (χ0v) is 14.4. The predicted molar refractivity (Wildman–Crippen MR) is 93.3 cm³/mol. The van der Waals surface area contributed by atoms with Gasteiger partial charge in [0, 0.05) is 25.0 Å². The number of nitrogens with zero attached hydrogens (tertiary/aromatic N) is 2. The Kier molecular flexibility index (Phi) is 5.15. The van der Waals surface area contributed by atoms with E-state index in [1.165, 1.54) is 18.3 Å². The minimum Gasteiger partial charge on any atom is -0.340 e. The molecule has 0 atom stereocenters. The molecule has 1 aromatic carbocycles. The van der Waals surface area contributed by atoms with Crippen molar-refractivity contribution in [3.8, 4) is 0 Å². The van der Waals surface area contributed by atoms with Crippen LogP contribution in [0, 0.1) is 5.92 Å². The van der Waals surface area contributed by atoms with E-state index in [-0.39, 0.29) is 17.4 Å². The Morgan fingerprint density at radius 2 is 1.92 bits per heavy atom. The standard InChI is InChI=1S/C19H20F3N3O/c1-13-7-10-25(11-8-13)18(26)16-6-3-9-23-17(16)24-15-5-2-4-14(12-15)19(20,21)22/h2-6,9,12-13H,7-8,10-11H2,1H3,(H,23,24). The van der Waals surface area contributed by atoms with Crippen LogP contribution in [0.5, 0.6) is 0 Å². The minimum atomic E-state index is -4.43. The first-order valence-electron chi connectivity index (χ1n) is 8.53. The number of nitrogens with one attached hydrogen (secondary N) is 1. The topological polar surface area (TPSA) is 45.2 Å². The molecule has 138 valence electrons. The molecule has 26 heavy (non-hydrogen) atoms. The molecule has 3 rings (SSSR count). The zero-order valence-electron chi connectivity index (χ0n) is 14.4. The summed E-state index contributed by atoms with van der Waals surface area (Å²) < 4.78 is 38.7. The largest absolute Gasteiger partial charge is 0.416 e. The predicted octanol–water partition coefficient (Wildman–Crippen LogP) is 4.72. The number of rotatable bonds is 3. The molecule has 2 aromatic rings. The van der Waals surface area contributed by atoms with E-state index in [9.17, 15) is 18.0 Å². The van der Waals surface area contributed by atoms with Gasteiger partial charge in [0.25, 0.3) is 5.91 Å². The van der Waals surface area contributed by atoms with E-state index in [0.29, 0.717) is 24.6 Å². The summed E-state index contributed by atoms with van der Waals surface area (Å²) in [5.41, 5.74) is -0.157. The van der Waals surface area contributed by atoms with E-state index < -0.39 is 11.7 Å². The first kappa shape index (κ1) is 18.2. The zero-order chi connectivity index (χ0) is 18.7. The van der Waals surface area contributed by atoms with Gasteiger partial charge in [-0.05, 0) is 49.1 Å². The maximum atomic E-state index is 12.9. The van der Waals surface area contributed by atoms with Crippen LogP contribution in [0.25, 0.3) is 0 Å². The number of aromatic nitrogens is 1. The normalized spacial score (nSPS) is 15.8. The number of anilines is 2. The first-order chi connectivity index (χ1) is 12.3. The molecule has 1 N–H and O–H groups in total. The van der Waals surface area contributed by atoms with Crippen LogP contribution in [0.15, 0.2) is 42.6 Å². The van der Waals surface area contributed by atoms with Gasteiger partial charge in [0.2, 0.25) is 0 Å². The second kappa shape index (κ2) is 7.35. The Morgan fingerprint density at radius 3 is 2.62 bits per heavy atom. The lowest BCUT2D eigenvalue weighted by atomic mass is 9.98. The molecular weight excluding hydrogens is 343 g/mol. The monoisotopic (exact) mass is 363 g/mol. The minimum absolute atomic E-state index is 0.153. The number of halogens is 3. The fourth-order valence-corrected chi connectivity index (χ4v) is 2.97. The summed E-state index contributed by atoms with van der Waals surface area (Å²) in [7, 11) is 0. The highest BCUT2D eigenvalue weighted by Gasteiger charge is 2.30. The molecule has 2 heterocycles. The Morgan fingerprint density at radius 1 is 1.19 bits per heavy atom. The van der Waals surface area contributed by atoms with Gasteiger partial charge in [-0.2, -0.15) is 13.2 Å². The van der Waals surface area contributed by atoms with Gasteiger partial charge in [0.1, 0.15) is 5.82 Å². The SMILES string of the molecule is CC1CCN(C(=O)c2cccnc2Nc2cccc(C(F)(F)F)c2)CC1. The molecule has 1 amide bonds. The van der Waals surface area contributed by atoms with Crippen molar-refractivity contribution in [3.05, 3.63) is 53.7 Å².